The molecule has 106 valence electrons. The van der Waals surface area contributed by atoms with E-state index in [1.54, 1.807) is 6.92 Å². The molecular formula is C14H20FNO3. The molecule has 4 nitrogen and oxygen atoms in total. The van der Waals surface area contributed by atoms with Crippen LogP contribution in [0.2, 0.25) is 0 Å². The highest BCUT2D eigenvalue weighted by Gasteiger charge is 2.44. The van der Waals surface area contributed by atoms with Gasteiger partial charge in [0.15, 0.2) is 0 Å². The number of hydrogen-bond donors (Lipinski definition) is 2. The van der Waals surface area contributed by atoms with Crippen LogP contribution in [0.4, 0.5) is 10.1 Å². The van der Waals surface area contributed by atoms with Gasteiger partial charge in [-0.15, -0.1) is 0 Å². The van der Waals surface area contributed by atoms with Gasteiger partial charge in [-0.05, 0) is 44.0 Å². The SMILES string of the molecule is CC.CC1(C(=O)O)CC1.O=CNc1ccc(F)cc1. The van der Waals surface area contributed by atoms with Crippen LogP contribution in [0.15, 0.2) is 24.3 Å². The Bertz CT molecular complexity index is 400. The maximum Gasteiger partial charge on any atom is 0.309 e. The van der Waals surface area contributed by atoms with E-state index in [2.05, 4.69) is 5.32 Å². The summed E-state index contributed by atoms with van der Waals surface area (Å²) in [5.41, 5.74) is 0.261. The predicted octanol–water partition coefficient (Wildman–Crippen LogP) is 3.29. The lowest BCUT2D eigenvalue weighted by atomic mass is 10.2. The smallest absolute Gasteiger partial charge is 0.309 e. The Balaban J connectivity index is 0.000000316. The Morgan fingerprint density at radius 3 is 2.05 bits per heavy atom. The monoisotopic (exact) mass is 269 g/mol. The van der Waals surface area contributed by atoms with Crippen LogP contribution in [0.25, 0.3) is 0 Å². The minimum Gasteiger partial charge on any atom is -0.481 e. The molecule has 0 atom stereocenters. The molecule has 1 aliphatic carbocycles. The molecule has 1 aliphatic rings. The maximum atomic E-state index is 12.2. The Morgan fingerprint density at radius 2 is 1.79 bits per heavy atom. The van der Waals surface area contributed by atoms with Gasteiger partial charge in [-0.1, -0.05) is 13.8 Å². The zero-order chi connectivity index (χ0) is 14.9. The van der Waals surface area contributed by atoms with E-state index in [0.717, 1.165) is 12.8 Å². The van der Waals surface area contributed by atoms with Gasteiger partial charge in [0, 0.05) is 5.69 Å². The third-order valence-corrected chi connectivity index (χ3v) is 2.59. The molecule has 0 radical (unpaired) electrons. The minimum absolute atomic E-state index is 0.309. The second-order valence-corrected chi connectivity index (χ2v) is 4.13. The number of aliphatic carboxylic acids is 1. The van der Waals surface area contributed by atoms with Crippen molar-refractivity contribution in [1.29, 1.82) is 0 Å². The molecule has 0 aliphatic heterocycles. The molecule has 1 saturated carbocycles. The topological polar surface area (TPSA) is 66.4 Å². The zero-order valence-corrected chi connectivity index (χ0v) is 11.4. The fraction of sp³-hybridized carbons (Fsp3) is 0.429. The highest BCUT2D eigenvalue weighted by Crippen LogP contribution is 2.44. The van der Waals surface area contributed by atoms with E-state index in [-0.39, 0.29) is 11.2 Å². The molecule has 0 bridgehead atoms. The molecule has 0 heterocycles. The predicted molar refractivity (Wildman–Crippen MR) is 72.4 cm³/mol. The van der Waals surface area contributed by atoms with E-state index >= 15 is 0 Å². The van der Waals surface area contributed by atoms with Crippen molar-refractivity contribution < 1.29 is 19.1 Å². The Morgan fingerprint density at radius 1 is 1.32 bits per heavy atom. The van der Waals surface area contributed by atoms with Gasteiger partial charge in [0.2, 0.25) is 6.41 Å². The summed E-state index contributed by atoms with van der Waals surface area (Å²) in [6.45, 7) is 5.77. The average molecular weight is 269 g/mol. The Labute approximate surface area is 112 Å². The molecule has 1 aromatic carbocycles. The molecular weight excluding hydrogens is 249 g/mol. The lowest BCUT2D eigenvalue weighted by Gasteiger charge is -1.94. The van der Waals surface area contributed by atoms with E-state index in [9.17, 15) is 14.0 Å². The molecule has 0 aromatic heterocycles. The minimum atomic E-state index is -0.646. The molecule has 0 unspecified atom stereocenters. The molecule has 1 aromatic rings. The number of halogens is 1. The fourth-order valence-corrected chi connectivity index (χ4v) is 1.02. The fourth-order valence-electron chi connectivity index (χ4n) is 1.02. The van der Waals surface area contributed by atoms with Gasteiger partial charge in [-0.3, -0.25) is 9.59 Å². The van der Waals surface area contributed by atoms with Crippen LogP contribution in [0.3, 0.4) is 0 Å². The van der Waals surface area contributed by atoms with Gasteiger partial charge >= 0.3 is 5.97 Å². The van der Waals surface area contributed by atoms with Crippen molar-refractivity contribution >= 4 is 18.1 Å². The number of nitrogens with one attached hydrogen (secondary N) is 1. The highest BCUT2D eigenvalue weighted by molar-refractivity contribution is 5.77. The van der Waals surface area contributed by atoms with Crippen LogP contribution in [0.1, 0.15) is 33.6 Å². The van der Waals surface area contributed by atoms with E-state index in [1.165, 1.54) is 24.3 Å². The zero-order valence-electron chi connectivity index (χ0n) is 11.4. The van der Waals surface area contributed by atoms with E-state index < -0.39 is 5.97 Å². The molecule has 19 heavy (non-hydrogen) atoms. The third-order valence-electron chi connectivity index (χ3n) is 2.59. The van der Waals surface area contributed by atoms with Gasteiger partial charge in [-0.25, -0.2) is 4.39 Å². The second-order valence-electron chi connectivity index (χ2n) is 4.13. The first-order valence-electron chi connectivity index (χ1n) is 6.17. The Hall–Kier alpha value is -1.91. The number of carboxylic acids is 1. The summed E-state index contributed by atoms with van der Waals surface area (Å²) in [5, 5.41) is 10.7. The van der Waals surface area contributed by atoms with E-state index in [1.807, 2.05) is 13.8 Å². The summed E-state index contributed by atoms with van der Waals surface area (Å²) in [6, 6.07) is 5.55. The lowest BCUT2D eigenvalue weighted by Crippen LogP contribution is -2.08. The van der Waals surface area contributed by atoms with Crippen molar-refractivity contribution in [3.8, 4) is 0 Å². The second kappa shape index (κ2) is 8.24. The number of benzene rings is 1. The van der Waals surface area contributed by atoms with E-state index in [0.29, 0.717) is 12.1 Å². The van der Waals surface area contributed by atoms with E-state index in [4.69, 9.17) is 5.11 Å². The summed E-state index contributed by atoms with van der Waals surface area (Å²) < 4.78 is 12.2. The van der Waals surface area contributed by atoms with Crippen LogP contribution in [-0.4, -0.2) is 17.5 Å². The first kappa shape index (κ1) is 17.1. The number of carboxylic acid groups (broad SMARTS) is 1. The number of hydrogen-bond acceptors (Lipinski definition) is 2. The van der Waals surface area contributed by atoms with Crippen LogP contribution >= 0.6 is 0 Å². The average Bonchev–Trinajstić information content (AvgIpc) is 3.15. The number of carbonyl (C=O) groups excluding carboxylic acids is 1. The van der Waals surface area contributed by atoms with Gasteiger partial charge in [0.25, 0.3) is 0 Å². The molecule has 2 N–H and O–H groups in total. The van der Waals surface area contributed by atoms with Crippen molar-refractivity contribution in [2.45, 2.75) is 33.6 Å². The number of rotatable bonds is 3. The third kappa shape index (κ3) is 6.55. The van der Waals surface area contributed by atoms with Gasteiger partial charge < -0.3 is 10.4 Å². The van der Waals surface area contributed by atoms with Gasteiger partial charge in [0.1, 0.15) is 5.82 Å². The van der Waals surface area contributed by atoms with Crippen LogP contribution in [0.5, 0.6) is 0 Å². The van der Waals surface area contributed by atoms with Crippen molar-refractivity contribution in [1.82, 2.24) is 0 Å². The summed E-state index contributed by atoms with van der Waals surface area (Å²) in [6.07, 6.45) is 2.28. The molecule has 0 saturated heterocycles. The molecule has 1 fully saturated rings. The summed E-state index contributed by atoms with van der Waals surface area (Å²) in [5.74, 6) is -0.955. The van der Waals surface area contributed by atoms with Gasteiger partial charge in [-0.2, -0.15) is 0 Å². The van der Waals surface area contributed by atoms with Crippen LogP contribution < -0.4 is 5.32 Å². The van der Waals surface area contributed by atoms with Gasteiger partial charge in [0.05, 0.1) is 5.41 Å². The van der Waals surface area contributed by atoms with Crippen molar-refractivity contribution in [3.05, 3.63) is 30.1 Å². The summed E-state index contributed by atoms with van der Waals surface area (Å²) in [7, 11) is 0. The molecule has 2 rings (SSSR count). The molecule has 0 spiro atoms. The largest absolute Gasteiger partial charge is 0.481 e. The highest BCUT2D eigenvalue weighted by atomic mass is 19.1. The lowest BCUT2D eigenvalue weighted by molar-refractivity contribution is -0.142. The number of amides is 1. The van der Waals surface area contributed by atoms with Crippen molar-refractivity contribution in [3.63, 3.8) is 0 Å². The quantitative estimate of drug-likeness (QED) is 0.827. The number of anilines is 1. The molecule has 1 amide bonds. The van der Waals surface area contributed by atoms with Crippen LogP contribution in [0, 0.1) is 11.2 Å². The summed E-state index contributed by atoms with van der Waals surface area (Å²) in [4.78, 5) is 19.9. The normalized spacial score (nSPS) is 13.9. The van der Waals surface area contributed by atoms with Crippen molar-refractivity contribution in [2.24, 2.45) is 5.41 Å². The van der Waals surface area contributed by atoms with Crippen LogP contribution in [-0.2, 0) is 9.59 Å². The Kier molecular flexibility index (Phi) is 7.41. The van der Waals surface area contributed by atoms with Crippen molar-refractivity contribution in [2.75, 3.05) is 5.32 Å². The molecule has 5 heteroatoms. The first-order valence-corrected chi connectivity index (χ1v) is 6.17. The number of carbonyl (C=O) groups is 2. The maximum absolute atomic E-state index is 12.2. The standard InChI is InChI=1S/C7H6FNO.C5H8O2.C2H6/c8-6-1-3-7(4-2-6)9-5-10;1-5(2-3-5)4(6)7;1-2/h1-5H,(H,9,10);2-3H2,1H3,(H,6,7);1-2H3. The summed E-state index contributed by atoms with van der Waals surface area (Å²) >= 11 is 0. The first-order chi connectivity index (χ1) is 8.98.